The van der Waals surface area contributed by atoms with E-state index in [0.717, 1.165) is 0 Å². The fraction of sp³-hybridized carbons (Fsp3) is 0.200. The molecule has 1 aromatic carbocycles. The molecule has 0 aromatic heterocycles. The van der Waals surface area contributed by atoms with Crippen LogP contribution in [0.3, 0.4) is 0 Å². The van der Waals surface area contributed by atoms with Crippen molar-refractivity contribution in [2.24, 2.45) is 5.11 Å². The SMILES string of the molecule is N#CCN(C(=O)CN=[N+]=[N-])c1ccccc1. The van der Waals surface area contributed by atoms with E-state index in [1.807, 2.05) is 12.1 Å². The molecule has 0 N–H and O–H groups in total. The van der Waals surface area contributed by atoms with Gasteiger partial charge in [0.05, 0.1) is 6.07 Å². The van der Waals surface area contributed by atoms with Crippen LogP contribution in [0, 0.1) is 11.3 Å². The van der Waals surface area contributed by atoms with Gasteiger partial charge in [0, 0.05) is 10.6 Å². The molecule has 0 bridgehead atoms. The molecule has 0 atom stereocenters. The highest BCUT2D eigenvalue weighted by Gasteiger charge is 2.13. The van der Waals surface area contributed by atoms with Gasteiger partial charge in [-0.05, 0) is 17.7 Å². The summed E-state index contributed by atoms with van der Waals surface area (Å²) in [7, 11) is 0. The Bertz CT molecular complexity index is 444. The van der Waals surface area contributed by atoms with Gasteiger partial charge in [-0.1, -0.05) is 23.3 Å². The quantitative estimate of drug-likeness (QED) is 0.331. The van der Waals surface area contributed by atoms with Gasteiger partial charge in [-0.25, -0.2) is 0 Å². The summed E-state index contributed by atoms with van der Waals surface area (Å²) in [6.07, 6.45) is 0. The average Bonchev–Trinajstić information content (AvgIpc) is 2.34. The number of amides is 1. The summed E-state index contributed by atoms with van der Waals surface area (Å²) in [6, 6.07) is 10.7. The maximum atomic E-state index is 11.6. The molecule has 0 unspecified atom stereocenters. The van der Waals surface area contributed by atoms with E-state index in [2.05, 4.69) is 10.0 Å². The van der Waals surface area contributed by atoms with Gasteiger partial charge >= 0.3 is 0 Å². The van der Waals surface area contributed by atoms with Gasteiger partial charge in [-0.3, -0.25) is 9.69 Å². The minimum absolute atomic E-state index is 0.0657. The van der Waals surface area contributed by atoms with Crippen LogP contribution in [-0.2, 0) is 4.79 Å². The number of para-hydroxylation sites is 1. The van der Waals surface area contributed by atoms with Crippen LogP contribution in [0.5, 0.6) is 0 Å². The van der Waals surface area contributed by atoms with E-state index in [1.54, 1.807) is 24.3 Å². The summed E-state index contributed by atoms with van der Waals surface area (Å²) in [5.74, 6) is -0.398. The molecule has 0 aliphatic carbocycles. The number of azide groups is 1. The maximum Gasteiger partial charge on any atom is 0.233 e. The Morgan fingerprint density at radius 2 is 2.19 bits per heavy atom. The van der Waals surface area contributed by atoms with E-state index in [9.17, 15) is 4.79 Å². The highest BCUT2D eigenvalue weighted by Crippen LogP contribution is 2.12. The zero-order valence-corrected chi connectivity index (χ0v) is 8.45. The molecular formula is C10H9N5O. The largest absolute Gasteiger partial charge is 0.298 e. The van der Waals surface area contributed by atoms with Crippen molar-refractivity contribution in [3.63, 3.8) is 0 Å². The molecule has 16 heavy (non-hydrogen) atoms. The van der Waals surface area contributed by atoms with Crippen molar-refractivity contribution >= 4 is 11.6 Å². The van der Waals surface area contributed by atoms with Crippen LogP contribution in [-0.4, -0.2) is 19.0 Å². The number of nitriles is 1. The molecule has 6 heteroatoms. The Kier molecular flexibility index (Phi) is 4.38. The zero-order chi connectivity index (χ0) is 11.8. The van der Waals surface area contributed by atoms with Crippen LogP contribution in [0.2, 0.25) is 0 Å². The summed E-state index contributed by atoms with van der Waals surface area (Å²) in [5.41, 5.74) is 8.73. The molecule has 0 fully saturated rings. The number of hydrogen-bond acceptors (Lipinski definition) is 3. The van der Waals surface area contributed by atoms with Crippen molar-refractivity contribution in [2.75, 3.05) is 18.0 Å². The topological polar surface area (TPSA) is 92.9 Å². The van der Waals surface area contributed by atoms with E-state index in [0.29, 0.717) is 5.69 Å². The van der Waals surface area contributed by atoms with Gasteiger partial charge in [-0.15, -0.1) is 0 Å². The smallest absolute Gasteiger partial charge is 0.233 e. The lowest BCUT2D eigenvalue weighted by Crippen LogP contribution is -2.32. The molecule has 0 heterocycles. The molecule has 6 nitrogen and oxygen atoms in total. The van der Waals surface area contributed by atoms with Crippen molar-refractivity contribution in [1.29, 1.82) is 5.26 Å². The average molecular weight is 215 g/mol. The number of rotatable bonds is 4. The lowest BCUT2D eigenvalue weighted by molar-refractivity contribution is -0.117. The highest BCUT2D eigenvalue weighted by atomic mass is 16.2. The second-order valence-corrected chi connectivity index (χ2v) is 2.86. The van der Waals surface area contributed by atoms with Gasteiger partial charge in [0.2, 0.25) is 5.91 Å². The Morgan fingerprint density at radius 1 is 1.50 bits per heavy atom. The Labute approximate surface area is 92.3 Å². The Balaban J connectivity index is 2.87. The molecule has 0 saturated carbocycles. The summed E-state index contributed by atoms with van der Waals surface area (Å²) >= 11 is 0. The Hall–Kier alpha value is -2.51. The third kappa shape index (κ3) is 3.01. The van der Waals surface area contributed by atoms with Crippen LogP contribution in [0.25, 0.3) is 10.4 Å². The molecule has 0 aliphatic heterocycles. The first-order chi connectivity index (χ1) is 7.79. The normalized spacial score (nSPS) is 8.69. The zero-order valence-electron chi connectivity index (χ0n) is 8.45. The second kappa shape index (κ2) is 6.06. The minimum Gasteiger partial charge on any atom is -0.298 e. The van der Waals surface area contributed by atoms with Gasteiger partial charge in [0.15, 0.2) is 0 Å². The summed E-state index contributed by atoms with van der Waals surface area (Å²) < 4.78 is 0. The third-order valence-corrected chi connectivity index (χ3v) is 1.87. The van der Waals surface area contributed by atoms with E-state index in [1.165, 1.54) is 4.90 Å². The van der Waals surface area contributed by atoms with Crippen molar-refractivity contribution < 1.29 is 4.79 Å². The molecule has 1 aromatic rings. The lowest BCUT2D eigenvalue weighted by atomic mass is 10.3. The van der Waals surface area contributed by atoms with E-state index < -0.39 is 5.91 Å². The molecule has 0 saturated heterocycles. The second-order valence-electron chi connectivity index (χ2n) is 2.86. The summed E-state index contributed by atoms with van der Waals surface area (Å²) in [4.78, 5) is 15.4. The van der Waals surface area contributed by atoms with Crippen molar-refractivity contribution in [1.82, 2.24) is 0 Å². The molecule has 1 amide bonds. The number of nitrogens with zero attached hydrogens (tertiary/aromatic N) is 5. The summed E-state index contributed by atoms with van der Waals surface area (Å²) in [6.45, 7) is -0.350. The number of carbonyl (C=O) groups excluding carboxylic acids is 1. The fourth-order valence-corrected chi connectivity index (χ4v) is 1.18. The highest BCUT2D eigenvalue weighted by molar-refractivity contribution is 5.95. The molecule has 0 radical (unpaired) electrons. The fourth-order valence-electron chi connectivity index (χ4n) is 1.18. The van der Waals surface area contributed by atoms with Crippen LogP contribution in [0.4, 0.5) is 5.69 Å². The predicted octanol–water partition coefficient (Wildman–Crippen LogP) is 1.85. The van der Waals surface area contributed by atoms with Crippen LogP contribution >= 0.6 is 0 Å². The number of anilines is 1. The first kappa shape index (κ1) is 11.6. The Morgan fingerprint density at radius 3 is 2.75 bits per heavy atom. The van der Waals surface area contributed by atoms with Crippen LogP contribution < -0.4 is 4.90 Å². The monoisotopic (exact) mass is 215 g/mol. The lowest BCUT2D eigenvalue weighted by Gasteiger charge is -2.18. The molecule has 1 rings (SSSR count). The molecule has 0 aliphatic rings. The van der Waals surface area contributed by atoms with E-state index in [4.69, 9.17) is 10.8 Å². The van der Waals surface area contributed by atoms with Crippen molar-refractivity contribution in [2.45, 2.75) is 0 Å². The number of hydrogen-bond donors (Lipinski definition) is 0. The van der Waals surface area contributed by atoms with Crippen LogP contribution in [0.1, 0.15) is 0 Å². The molecule has 0 spiro atoms. The van der Waals surface area contributed by atoms with E-state index in [-0.39, 0.29) is 13.1 Å². The van der Waals surface area contributed by atoms with Gasteiger partial charge in [0.1, 0.15) is 13.1 Å². The molecule has 80 valence electrons. The first-order valence-electron chi connectivity index (χ1n) is 4.53. The first-order valence-corrected chi connectivity index (χ1v) is 4.53. The van der Waals surface area contributed by atoms with Gasteiger partial charge in [-0.2, -0.15) is 5.26 Å². The van der Waals surface area contributed by atoms with Crippen molar-refractivity contribution in [3.05, 3.63) is 40.8 Å². The standard InChI is InChI=1S/C10H9N5O/c11-6-7-15(10(16)8-13-14-12)9-4-2-1-3-5-9/h1-5H,7-8H2. The number of benzene rings is 1. The van der Waals surface area contributed by atoms with E-state index >= 15 is 0 Å². The minimum atomic E-state index is -0.398. The van der Waals surface area contributed by atoms with Gasteiger partial charge < -0.3 is 0 Å². The van der Waals surface area contributed by atoms with Gasteiger partial charge in [0.25, 0.3) is 0 Å². The summed E-state index contributed by atoms with van der Waals surface area (Å²) in [5, 5.41) is 11.8. The maximum absolute atomic E-state index is 11.6. The van der Waals surface area contributed by atoms with Crippen molar-refractivity contribution in [3.8, 4) is 6.07 Å². The predicted molar refractivity (Wildman–Crippen MR) is 58.4 cm³/mol. The molecular weight excluding hydrogens is 206 g/mol. The van der Waals surface area contributed by atoms with Crippen LogP contribution in [0.15, 0.2) is 35.4 Å². The third-order valence-electron chi connectivity index (χ3n) is 1.87. The number of carbonyl (C=O) groups is 1.